The molecule has 0 bridgehead atoms. The Kier molecular flexibility index (Phi) is 4.82. The Bertz CT molecular complexity index is 943. The first-order valence-electron chi connectivity index (χ1n) is 6.26. The van der Waals surface area contributed by atoms with E-state index in [9.17, 15) is 37.1 Å². The van der Waals surface area contributed by atoms with E-state index in [1.807, 2.05) is 0 Å². The van der Waals surface area contributed by atoms with Gasteiger partial charge in [-0.3, -0.25) is 20.2 Å². The fourth-order valence-corrected chi connectivity index (χ4v) is 4.38. The molecule has 0 aliphatic carbocycles. The largest absolute Gasteiger partial charge is 0.271 e. The topological polar surface area (TPSA) is 169 Å². The van der Waals surface area contributed by atoms with Crippen LogP contribution in [-0.4, -0.2) is 26.7 Å². The van der Waals surface area contributed by atoms with Crippen molar-refractivity contribution < 1.29 is 26.7 Å². The second kappa shape index (κ2) is 6.54. The average molecular weight is 386 g/mol. The molecular formula is C12H8N3O8S2. The molecule has 0 aliphatic heterocycles. The maximum Gasteiger partial charge on any atom is 0.271 e. The normalized spacial score (nSPS) is 11.8. The second-order valence-corrected chi connectivity index (χ2v) is 7.97. The van der Waals surface area contributed by atoms with Crippen LogP contribution in [0.15, 0.2) is 58.3 Å². The third-order valence-corrected chi connectivity index (χ3v) is 6.19. The van der Waals surface area contributed by atoms with Crippen molar-refractivity contribution in [2.75, 3.05) is 0 Å². The maximum absolute atomic E-state index is 12.1. The lowest BCUT2D eigenvalue weighted by atomic mass is 10.3. The molecule has 0 saturated heterocycles. The summed E-state index contributed by atoms with van der Waals surface area (Å²) in [5.74, 6) is 0. The highest BCUT2D eigenvalue weighted by atomic mass is 32.3. The van der Waals surface area contributed by atoms with E-state index in [2.05, 4.69) is 4.13 Å². The molecule has 0 N–H and O–H groups in total. The van der Waals surface area contributed by atoms with Crippen molar-refractivity contribution in [3.05, 3.63) is 68.8 Å². The van der Waals surface area contributed by atoms with Crippen LogP contribution in [0, 0.1) is 20.2 Å². The molecule has 131 valence electrons. The summed E-state index contributed by atoms with van der Waals surface area (Å²) in [5, 5.41) is 21.1. The van der Waals surface area contributed by atoms with Crippen LogP contribution in [0.3, 0.4) is 0 Å². The summed E-state index contributed by atoms with van der Waals surface area (Å²) < 4.78 is 51.0. The molecule has 2 rings (SSSR count). The third-order valence-electron chi connectivity index (χ3n) is 2.89. The Morgan fingerprint density at radius 1 is 0.640 bits per heavy atom. The number of benzene rings is 2. The second-order valence-electron chi connectivity index (χ2n) is 4.53. The molecule has 0 amide bonds. The van der Waals surface area contributed by atoms with Gasteiger partial charge in [-0.15, -0.1) is 0 Å². The van der Waals surface area contributed by atoms with Crippen LogP contribution in [0.5, 0.6) is 0 Å². The van der Waals surface area contributed by atoms with Crippen LogP contribution < -0.4 is 4.13 Å². The molecule has 0 fully saturated rings. The molecule has 13 heteroatoms. The summed E-state index contributed by atoms with van der Waals surface area (Å²) in [6, 6.07) is 6.96. The highest BCUT2D eigenvalue weighted by molar-refractivity contribution is 8.04. The van der Waals surface area contributed by atoms with E-state index in [4.69, 9.17) is 0 Å². The molecule has 0 saturated carbocycles. The smallest absolute Gasteiger partial charge is 0.258 e. The van der Waals surface area contributed by atoms with Gasteiger partial charge in [-0.2, -0.15) is 0 Å². The maximum atomic E-state index is 12.1. The number of hydrogen-bond donors (Lipinski definition) is 0. The van der Waals surface area contributed by atoms with Crippen LogP contribution in [0.4, 0.5) is 11.4 Å². The third kappa shape index (κ3) is 4.14. The lowest BCUT2D eigenvalue weighted by Gasteiger charge is -2.05. The zero-order chi connectivity index (χ0) is 18.8. The van der Waals surface area contributed by atoms with Crippen LogP contribution in [0.2, 0.25) is 0 Å². The molecule has 0 atom stereocenters. The quantitative estimate of drug-likeness (QED) is 0.526. The lowest BCUT2D eigenvalue weighted by molar-refractivity contribution is -0.385. The summed E-state index contributed by atoms with van der Waals surface area (Å²) in [5.41, 5.74) is -0.755. The van der Waals surface area contributed by atoms with E-state index < -0.39 is 39.7 Å². The summed E-state index contributed by atoms with van der Waals surface area (Å²) in [7, 11) is -9.31. The molecule has 2 aromatic carbocycles. The Morgan fingerprint density at radius 2 is 0.920 bits per heavy atom. The number of non-ortho nitro benzene ring substituents is 2. The van der Waals surface area contributed by atoms with Gasteiger partial charge in [-0.1, -0.05) is 0 Å². The van der Waals surface area contributed by atoms with Crippen molar-refractivity contribution in [3.8, 4) is 0 Å². The van der Waals surface area contributed by atoms with Crippen LogP contribution in [0.25, 0.3) is 0 Å². The van der Waals surface area contributed by atoms with Gasteiger partial charge in [0.15, 0.2) is 0 Å². The van der Waals surface area contributed by atoms with Gasteiger partial charge in [0.05, 0.1) is 19.6 Å². The molecule has 0 aliphatic rings. The Hall–Kier alpha value is -2.90. The zero-order valence-electron chi connectivity index (χ0n) is 12.0. The SMILES string of the molecule is O=[N+]([O-])c1ccc(S(=O)(=O)[N]S(=O)(=O)c2ccc([N+](=O)[O-])cc2)cc1. The number of sulfonamides is 2. The van der Waals surface area contributed by atoms with Crippen molar-refractivity contribution in [2.45, 2.75) is 9.79 Å². The standard InChI is InChI=1S/C12H8N3O8S2/c16-14(17)9-1-5-11(6-2-9)24(20,21)13-25(22,23)12-7-3-10(4-8-12)15(18)19/h1-8H. The molecule has 0 unspecified atom stereocenters. The molecule has 0 spiro atoms. The average Bonchev–Trinajstić information content (AvgIpc) is 2.54. The number of nitrogens with zero attached hydrogens (tertiary/aromatic N) is 3. The molecule has 0 heterocycles. The summed E-state index contributed by atoms with van der Waals surface area (Å²) in [6.45, 7) is 0. The van der Waals surface area contributed by atoms with Gasteiger partial charge >= 0.3 is 0 Å². The van der Waals surface area contributed by atoms with Gasteiger partial charge in [0.25, 0.3) is 31.4 Å². The Morgan fingerprint density at radius 3 is 1.16 bits per heavy atom. The lowest BCUT2D eigenvalue weighted by Crippen LogP contribution is -2.23. The minimum absolute atomic E-state index is 0.378. The van der Waals surface area contributed by atoms with E-state index in [1.54, 1.807) is 0 Å². The molecule has 11 nitrogen and oxygen atoms in total. The number of rotatable bonds is 6. The van der Waals surface area contributed by atoms with Crippen molar-refractivity contribution in [2.24, 2.45) is 0 Å². The Labute approximate surface area is 141 Å². The molecular weight excluding hydrogens is 378 g/mol. The summed E-state index contributed by atoms with van der Waals surface area (Å²) in [6.07, 6.45) is 0. The van der Waals surface area contributed by atoms with E-state index in [1.165, 1.54) is 0 Å². The predicted molar refractivity (Wildman–Crippen MR) is 82.7 cm³/mol. The summed E-state index contributed by atoms with van der Waals surface area (Å²) >= 11 is 0. The molecule has 25 heavy (non-hydrogen) atoms. The highest BCUT2D eigenvalue weighted by Gasteiger charge is 2.28. The van der Waals surface area contributed by atoms with Crippen LogP contribution in [0.1, 0.15) is 0 Å². The fourth-order valence-electron chi connectivity index (χ4n) is 1.69. The van der Waals surface area contributed by atoms with Crippen LogP contribution >= 0.6 is 0 Å². The molecule has 0 aromatic heterocycles. The first kappa shape index (κ1) is 18.4. The van der Waals surface area contributed by atoms with Crippen molar-refractivity contribution >= 4 is 31.4 Å². The minimum atomic E-state index is -4.65. The zero-order valence-corrected chi connectivity index (χ0v) is 13.7. The van der Waals surface area contributed by atoms with Gasteiger partial charge in [-0.25, -0.2) is 16.8 Å². The van der Waals surface area contributed by atoms with Crippen molar-refractivity contribution in [3.63, 3.8) is 0 Å². The minimum Gasteiger partial charge on any atom is -0.258 e. The first-order chi connectivity index (χ1) is 11.5. The van der Waals surface area contributed by atoms with E-state index >= 15 is 0 Å². The van der Waals surface area contributed by atoms with Gasteiger partial charge in [0.1, 0.15) is 0 Å². The van der Waals surface area contributed by atoms with Gasteiger partial charge in [0.2, 0.25) is 0 Å². The number of hydrogen-bond acceptors (Lipinski definition) is 8. The monoisotopic (exact) mass is 386 g/mol. The number of nitro groups is 2. The van der Waals surface area contributed by atoms with E-state index in [0.717, 1.165) is 48.5 Å². The van der Waals surface area contributed by atoms with Gasteiger partial charge < -0.3 is 0 Å². The predicted octanol–water partition coefficient (Wildman–Crippen LogP) is 1.19. The van der Waals surface area contributed by atoms with E-state index in [0.29, 0.717) is 0 Å². The first-order valence-corrected chi connectivity index (χ1v) is 9.14. The number of nitro benzene ring substituents is 2. The summed E-state index contributed by atoms with van der Waals surface area (Å²) in [4.78, 5) is 18.5. The highest BCUT2D eigenvalue weighted by Crippen LogP contribution is 2.20. The van der Waals surface area contributed by atoms with Crippen LogP contribution in [-0.2, 0) is 20.0 Å². The van der Waals surface area contributed by atoms with Gasteiger partial charge in [-0.05, 0) is 24.3 Å². The van der Waals surface area contributed by atoms with Gasteiger partial charge in [0, 0.05) is 28.4 Å². The molecule has 1 radical (unpaired) electrons. The van der Waals surface area contributed by atoms with Crippen molar-refractivity contribution in [1.82, 2.24) is 4.13 Å². The van der Waals surface area contributed by atoms with E-state index in [-0.39, 0.29) is 11.4 Å². The van der Waals surface area contributed by atoms with Crippen molar-refractivity contribution in [1.29, 1.82) is 0 Å². The fraction of sp³-hybridized carbons (Fsp3) is 0. The Balaban J connectivity index is 2.31. The molecule has 2 aromatic rings.